The van der Waals surface area contributed by atoms with E-state index in [1.165, 1.54) is 11.3 Å². The Morgan fingerprint density at radius 2 is 1.38 bits per heavy atom. The Morgan fingerprint density at radius 1 is 0.857 bits per heavy atom. The number of aryl methyl sites for hydroxylation is 1. The molecule has 0 spiro atoms. The second kappa shape index (κ2) is 5.36. The van der Waals surface area contributed by atoms with Gasteiger partial charge in [-0.2, -0.15) is 26.3 Å². The number of thiophene rings is 1. The van der Waals surface area contributed by atoms with E-state index in [1.807, 2.05) is 6.92 Å². The van der Waals surface area contributed by atoms with Gasteiger partial charge in [0.05, 0.1) is 11.1 Å². The molecule has 0 aliphatic carbocycles. The molecule has 114 valence electrons. The van der Waals surface area contributed by atoms with E-state index in [-0.39, 0.29) is 11.6 Å². The monoisotopic (exact) mass is 324 g/mol. The second-order valence-electron chi connectivity index (χ2n) is 4.41. The molecule has 1 heterocycles. The molecule has 0 bridgehead atoms. The second-order valence-corrected chi connectivity index (χ2v) is 5.58. The number of benzene rings is 1. The van der Waals surface area contributed by atoms with E-state index >= 15 is 0 Å². The van der Waals surface area contributed by atoms with Gasteiger partial charge >= 0.3 is 12.4 Å². The van der Waals surface area contributed by atoms with Gasteiger partial charge in [-0.05, 0) is 42.3 Å². The van der Waals surface area contributed by atoms with Gasteiger partial charge in [0, 0.05) is 9.75 Å². The molecule has 0 fully saturated rings. The fourth-order valence-corrected chi connectivity index (χ4v) is 2.75. The molecule has 0 amide bonds. The van der Waals surface area contributed by atoms with Crippen LogP contribution in [0.5, 0.6) is 0 Å². The van der Waals surface area contributed by atoms with Crippen molar-refractivity contribution in [1.82, 2.24) is 0 Å². The van der Waals surface area contributed by atoms with Crippen molar-refractivity contribution < 1.29 is 26.3 Å². The van der Waals surface area contributed by atoms with E-state index in [1.54, 1.807) is 12.1 Å². The van der Waals surface area contributed by atoms with Crippen LogP contribution in [0.25, 0.3) is 10.4 Å². The molecule has 2 rings (SSSR count). The summed E-state index contributed by atoms with van der Waals surface area (Å²) in [5.74, 6) is 0. The fraction of sp³-hybridized carbons (Fsp3) is 0.286. The van der Waals surface area contributed by atoms with E-state index < -0.39 is 23.5 Å². The van der Waals surface area contributed by atoms with Crippen LogP contribution in [-0.4, -0.2) is 0 Å². The topological polar surface area (TPSA) is 0 Å². The zero-order valence-corrected chi connectivity index (χ0v) is 11.6. The lowest BCUT2D eigenvalue weighted by Gasteiger charge is -2.13. The number of alkyl halides is 6. The molecule has 0 saturated heterocycles. The Bertz CT molecular complexity index is 603. The Hall–Kier alpha value is -1.50. The maximum Gasteiger partial charge on any atom is 0.416 e. The first kappa shape index (κ1) is 15.9. The summed E-state index contributed by atoms with van der Waals surface area (Å²) in [6.07, 6.45) is -8.96. The first-order chi connectivity index (χ1) is 9.61. The molecular formula is C14H10F6S. The van der Waals surface area contributed by atoms with Gasteiger partial charge in [-0.25, -0.2) is 0 Å². The van der Waals surface area contributed by atoms with Crippen LogP contribution in [0.1, 0.15) is 22.9 Å². The number of hydrogen-bond acceptors (Lipinski definition) is 1. The molecule has 0 radical (unpaired) electrons. The lowest BCUT2D eigenvalue weighted by molar-refractivity contribution is -0.143. The van der Waals surface area contributed by atoms with Gasteiger partial charge in [-0.3, -0.25) is 0 Å². The van der Waals surface area contributed by atoms with Crippen molar-refractivity contribution in [2.24, 2.45) is 0 Å². The summed E-state index contributed by atoms with van der Waals surface area (Å²) in [4.78, 5) is 1.29. The molecular weight excluding hydrogens is 314 g/mol. The zero-order valence-electron chi connectivity index (χ0n) is 10.8. The van der Waals surface area contributed by atoms with Crippen molar-refractivity contribution in [2.45, 2.75) is 25.7 Å². The average molecular weight is 324 g/mol. The highest BCUT2D eigenvalue weighted by molar-refractivity contribution is 7.15. The summed E-state index contributed by atoms with van der Waals surface area (Å²) in [5.41, 5.74) is -2.65. The molecule has 0 atom stereocenters. The van der Waals surface area contributed by atoms with Crippen molar-refractivity contribution in [3.8, 4) is 10.4 Å². The van der Waals surface area contributed by atoms with Gasteiger partial charge in [0.25, 0.3) is 0 Å². The third-order valence-corrected chi connectivity index (χ3v) is 4.16. The highest BCUT2D eigenvalue weighted by atomic mass is 32.1. The van der Waals surface area contributed by atoms with Gasteiger partial charge in [-0.1, -0.05) is 6.92 Å². The zero-order chi connectivity index (χ0) is 15.8. The van der Waals surface area contributed by atoms with Gasteiger partial charge in [-0.15, -0.1) is 11.3 Å². The summed E-state index contributed by atoms with van der Waals surface area (Å²) in [7, 11) is 0. The Balaban J connectivity index is 2.60. The quantitative estimate of drug-likeness (QED) is 0.593. The minimum absolute atomic E-state index is 0.0677. The molecule has 21 heavy (non-hydrogen) atoms. The van der Waals surface area contributed by atoms with Crippen molar-refractivity contribution >= 4 is 11.3 Å². The van der Waals surface area contributed by atoms with E-state index in [0.29, 0.717) is 11.3 Å². The van der Waals surface area contributed by atoms with Crippen LogP contribution in [0.3, 0.4) is 0 Å². The normalized spacial score (nSPS) is 12.7. The van der Waals surface area contributed by atoms with Crippen LogP contribution in [0.4, 0.5) is 26.3 Å². The van der Waals surface area contributed by atoms with Crippen LogP contribution >= 0.6 is 11.3 Å². The van der Waals surface area contributed by atoms with Crippen molar-refractivity contribution in [1.29, 1.82) is 0 Å². The minimum Gasteiger partial charge on any atom is -0.166 e. The van der Waals surface area contributed by atoms with Gasteiger partial charge in [0.1, 0.15) is 0 Å². The predicted molar refractivity (Wildman–Crippen MR) is 69.1 cm³/mol. The molecule has 0 saturated carbocycles. The highest BCUT2D eigenvalue weighted by Gasteiger charge is 2.37. The predicted octanol–water partition coefficient (Wildman–Crippen LogP) is 6.02. The van der Waals surface area contributed by atoms with Gasteiger partial charge < -0.3 is 0 Å². The summed E-state index contributed by atoms with van der Waals surface area (Å²) in [6, 6.07) is 4.88. The summed E-state index contributed by atoms with van der Waals surface area (Å²) >= 11 is 1.19. The first-order valence-corrected chi connectivity index (χ1v) is 6.81. The molecule has 0 unspecified atom stereocenters. The van der Waals surface area contributed by atoms with Crippen LogP contribution < -0.4 is 0 Å². The Labute approximate surface area is 121 Å². The molecule has 7 heteroatoms. The lowest BCUT2D eigenvalue weighted by atomic mass is 10.0. The van der Waals surface area contributed by atoms with Crippen LogP contribution in [0.2, 0.25) is 0 Å². The van der Waals surface area contributed by atoms with E-state index in [4.69, 9.17) is 0 Å². The summed E-state index contributed by atoms with van der Waals surface area (Å²) in [6.45, 7) is 1.86. The van der Waals surface area contributed by atoms with E-state index in [0.717, 1.165) is 17.0 Å². The van der Waals surface area contributed by atoms with E-state index in [2.05, 4.69) is 0 Å². The minimum atomic E-state index is -4.82. The number of hydrogen-bond donors (Lipinski definition) is 0. The Kier molecular flexibility index (Phi) is 4.06. The molecule has 2 aromatic rings. The first-order valence-electron chi connectivity index (χ1n) is 6.00. The van der Waals surface area contributed by atoms with E-state index in [9.17, 15) is 26.3 Å². The SMILES string of the molecule is CCc1ccc(-c2cc(C(F)(F)F)cc(C(F)(F)F)c2)s1. The smallest absolute Gasteiger partial charge is 0.166 e. The highest BCUT2D eigenvalue weighted by Crippen LogP contribution is 2.40. The summed E-state index contributed by atoms with van der Waals surface area (Å²) in [5, 5.41) is 0. The fourth-order valence-electron chi connectivity index (χ4n) is 1.82. The maximum atomic E-state index is 12.8. The standard InChI is InChI=1S/C14H10F6S/c1-2-11-3-4-12(21-11)8-5-9(13(15,16)17)7-10(6-8)14(18,19)20/h3-7H,2H2,1H3. The Morgan fingerprint density at radius 3 is 1.76 bits per heavy atom. The lowest BCUT2D eigenvalue weighted by Crippen LogP contribution is -2.10. The molecule has 0 aliphatic heterocycles. The molecule has 1 aromatic carbocycles. The average Bonchev–Trinajstić information content (AvgIpc) is 2.85. The molecule has 0 nitrogen and oxygen atoms in total. The third-order valence-electron chi connectivity index (χ3n) is 2.88. The summed E-state index contributed by atoms with van der Waals surface area (Å²) < 4.78 is 76.6. The van der Waals surface area contributed by atoms with Crippen molar-refractivity contribution in [3.63, 3.8) is 0 Å². The van der Waals surface area contributed by atoms with Crippen LogP contribution in [0.15, 0.2) is 30.3 Å². The largest absolute Gasteiger partial charge is 0.416 e. The van der Waals surface area contributed by atoms with Gasteiger partial charge in [0.15, 0.2) is 0 Å². The number of halogens is 6. The van der Waals surface area contributed by atoms with Crippen LogP contribution in [-0.2, 0) is 18.8 Å². The van der Waals surface area contributed by atoms with Crippen LogP contribution in [0, 0.1) is 0 Å². The maximum absolute atomic E-state index is 12.8. The molecule has 1 aromatic heterocycles. The van der Waals surface area contributed by atoms with Gasteiger partial charge in [0.2, 0.25) is 0 Å². The van der Waals surface area contributed by atoms with Crippen molar-refractivity contribution in [3.05, 3.63) is 46.3 Å². The third kappa shape index (κ3) is 3.58. The number of rotatable bonds is 2. The van der Waals surface area contributed by atoms with Crippen molar-refractivity contribution in [2.75, 3.05) is 0 Å². The molecule has 0 aliphatic rings. The molecule has 0 N–H and O–H groups in total.